The van der Waals surface area contributed by atoms with Crippen LogP contribution in [0.4, 0.5) is 0 Å². The van der Waals surface area contributed by atoms with Crippen molar-refractivity contribution in [1.29, 1.82) is 0 Å². The molecule has 0 saturated carbocycles. The summed E-state index contributed by atoms with van der Waals surface area (Å²) in [6.07, 6.45) is 3.89. The summed E-state index contributed by atoms with van der Waals surface area (Å²) in [5.74, 6) is 0. The number of nitrogens with two attached hydrogens (primary N) is 1. The molecule has 0 radical (unpaired) electrons. The standard InChI is InChI=1S/C14H30N2/c1-13(2,3)9-12(10-15)16-8-6-7-14(4,5)11-16/h12H,6-11,15H2,1-5H3. The summed E-state index contributed by atoms with van der Waals surface area (Å²) in [6.45, 7) is 14.9. The van der Waals surface area contributed by atoms with Crippen LogP contribution >= 0.6 is 0 Å². The van der Waals surface area contributed by atoms with E-state index in [9.17, 15) is 0 Å². The molecule has 2 N–H and O–H groups in total. The topological polar surface area (TPSA) is 29.3 Å². The summed E-state index contributed by atoms with van der Waals surface area (Å²) in [5.41, 5.74) is 6.81. The van der Waals surface area contributed by atoms with Crippen molar-refractivity contribution in [3.8, 4) is 0 Å². The Morgan fingerprint density at radius 2 is 1.94 bits per heavy atom. The van der Waals surface area contributed by atoms with Gasteiger partial charge in [-0.15, -0.1) is 0 Å². The van der Waals surface area contributed by atoms with Gasteiger partial charge in [-0.2, -0.15) is 0 Å². The van der Waals surface area contributed by atoms with Crippen molar-refractivity contribution >= 4 is 0 Å². The van der Waals surface area contributed by atoms with E-state index in [0.717, 1.165) is 6.54 Å². The van der Waals surface area contributed by atoms with Gasteiger partial charge in [0, 0.05) is 19.1 Å². The zero-order valence-electron chi connectivity index (χ0n) is 11.8. The molecule has 0 spiro atoms. The van der Waals surface area contributed by atoms with E-state index in [-0.39, 0.29) is 0 Å². The van der Waals surface area contributed by atoms with E-state index >= 15 is 0 Å². The van der Waals surface area contributed by atoms with Crippen LogP contribution in [0, 0.1) is 10.8 Å². The molecule has 0 aromatic carbocycles. The molecule has 0 aliphatic carbocycles. The lowest BCUT2D eigenvalue weighted by Crippen LogP contribution is -2.49. The summed E-state index contributed by atoms with van der Waals surface area (Å²) >= 11 is 0. The van der Waals surface area contributed by atoms with E-state index in [4.69, 9.17) is 5.73 Å². The molecular formula is C14H30N2. The number of hydrogen-bond acceptors (Lipinski definition) is 2. The number of rotatable bonds is 3. The molecule has 1 fully saturated rings. The van der Waals surface area contributed by atoms with Crippen molar-refractivity contribution in [2.45, 2.75) is 59.9 Å². The first kappa shape index (κ1) is 14.0. The second-order valence-corrected chi connectivity index (χ2v) is 7.39. The maximum atomic E-state index is 5.96. The van der Waals surface area contributed by atoms with Gasteiger partial charge in [0.05, 0.1) is 0 Å². The van der Waals surface area contributed by atoms with E-state index < -0.39 is 0 Å². The fraction of sp³-hybridized carbons (Fsp3) is 1.00. The minimum atomic E-state index is 0.381. The molecule has 2 heteroatoms. The van der Waals surface area contributed by atoms with Crippen LogP contribution in [0.3, 0.4) is 0 Å². The van der Waals surface area contributed by atoms with Crippen LogP contribution in [-0.2, 0) is 0 Å². The Bertz CT molecular complexity index is 213. The predicted molar refractivity (Wildman–Crippen MR) is 71.5 cm³/mol. The van der Waals surface area contributed by atoms with Crippen LogP contribution in [0.15, 0.2) is 0 Å². The Kier molecular flexibility index (Phi) is 4.42. The molecule has 1 unspecified atom stereocenters. The molecule has 0 bridgehead atoms. The van der Waals surface area contributed by atoms with Crippen LogP contribution < -0.4 is 5.73 Å². The first-order chi connectivity index (χ1) is 7.23. The van der Waals surface area contributed by atoms with E-state index in [0.29, 0.717) is 16.9 Å². The molecule has 96 valence electrons. The first-order valence-electron chi connectivity index (χ1n) is 6.68. The van der Waals surface area contributed by atoms with Crippen LogP contribution in [0.1, 0.15) is 53.9 Å². The fourth-order valence-electron chi connectivity index (χ4n) is 2.85. The molecule has 1 aliphatic heterocycles. The summed E-state index contributed by atoms with van der Waals surface area (Å²) in [6, 6.07) is 0.569. The van der Waals surface area contributed by atoms with Crippen molar-refractivity contribution in [1.82, 2.24) is 4.90 Å². The van der Waals surface area contributed by atoms with Gasteiger partial charge >= 0.3 is 0 Å². The van der Waals surface area contributed by atoms with Crippen LogP contribution in [0.5, 0.6) is 0 Å². The maximum Gasteiger partial charge on any atom is 0.0223 e. The SMILES string of the molecule is CC(C)(C)CC(CN)N1CCCC(C)(C)C1. The Balaban J connectivity index is 2.59. The van der Waals surface area contributed by atoms with E-state index in [1.165, 1.54) is 32.4 Å². The van der Waals surface area contributed by atoms with Crippen molar-refractivity contribution < 1.29 is 0 Å². The molecule has 1 atom stereocenters. The quantitative estimate of drug-likeness (QED) is 0.802. The highest BCUT2D eigenvalue weighted by atomic mass is 15.2. The third-order valence-corrected chi connectivity index (χ3v) is 3.57. The summed E-state index contributed by atoms with van der Waals surface area (Å²) in [4.78, 5) is 2.62. The predicted octanol–water partition coefficient (Wildman–Crippen LogP) is 2.87. The molecular weight excluding hydrogens is 196 g/mol. The smallest absolute Gasteiger partial charge is 0.0223 e. The molecule has 0 amide bonds. The number of piperidine rings is 1. The van der Waals surface area contributed by atoms with Gasteiger partial charge in [0.15, 0.2) is 0 Å². The van der Waals surface area contributed by atoms with Crippen molar-refractivity contribution in [2.75, 3.05) is 19.6 Å². The lowest BCUT2D eigenvalue weighted by molar-refractivity contribution is 0.0628. The second-order valence-electron chi connectivity index (χ2n) is 7.39. The molecule has 1 heterocycles. The Morgan fingerprint density at radius 3 is 2.38 bits per heavy atom. The van der Waals surface area contributed by atoms with Crippen molar-refractivity contribution in [3.05, 3.63) is 0 Å². The summed E-state index contributed by atoms with van der Waals surface area (Å²) in [7, 11) is 0. The van der Waals surface area contributed by atoms with Gasteiger partial charge in [-0.1, -0.05) is 34.6 Å². The van der Waals surface area contributed by atoms with Gasteiger partial charge in [0.2, 0.25) is 0 Å². The van der Waals surface area contributed by atoms with E-state index in [1.54, 1.807) is 0 Å². The molecule has 0 aromatic heterocycles. The average molecular weight is 226 g/mol. The van der Waals surface area contributed by atoms with Crippen LogP contribution in [0.2, 0.25) is 0 Å². The van der Waals surface area contributed by atoms with Crippen molar-refractivity contribution in [3.63, 3.8) is 0 Å². The zero-order valence-corrected chi connectivity index (χ0v) is 11.8. The fourth-order valence-corrected chi connectivity index (χ4v) is 2.85. The third-order valence-electron chi connectivity index (χ3n) is 3.57. The Morgan fingerprint density at radius 1 is 1.31 bits per heavy atom. The summed E-state index contributed by atoms with van der Waals surface area (Å²) < 4.78 is 0. The molecule has 0 aromatic rings. The molecule has 16 heavy (non-hydrogen) atoms. The van der Waals surface area contributed by atoms with E-state index in [1.807, 2.05) is 0 Å². The van der Waals surface area contributed by atoms with Crippen LogP contribution in [-0.4, -0.2) is 30.6 Å². The third kappa shape index (κ3) is 4.42. The largest absolute Gasteiger partial charge is 0.329 e. The van der Waals surface area contributed by atoms with Gasteiger partial charge in [0.1, 0.15) is 0 Å². The highest BCUT2D eigenvalue weighted by Gasteiger charge is 2.31. The average Bonchev–Trinajstić information content (AvgIpc) is 2.11. The van der Waals surface area contributed by atoms with Crippen molar-refractivity contribution in [2.24, 2.45) is 16.6 Å². The zero-order chi connectivity index (χ0) is 12.4. The highest BCUT2D eigenvalue weighted by Crippen LogP contribution is 2.32. The lowest BCUT2D eigenvalue weighted by atomic mass is 9.81. The minimum Gasteiger partial charge on any atom is -0.329 e. The Hall–Kier alpha value is -0.0800. The van der Waals surface area contributed by atoms with E-state index in [2.05, 4.69) is 39.5 Å². The lowest BCUT2D eigenvalue weighted by Gasteiger charge is -2.43. The minimum absolute atomic E-state index is 0.381. The van der Waals surface area contributed by atoms with Crippen LogP contribution in [0.25, 0.3) is 0 Å². The molecule has 2 nitrogen and oxygen atoms in total. The molecule has 1 saturated heterocycles. The number of hydrogen-bond donors (Lipinski definition) is 1. The second kappa shape index (κ2) is 5.05. The normalized spacial score (nSPS) is 24.4. The van der Waals surface area contributed by atoms with Gasteiger partial charge < -0.3 is 5.73 Å². The first-order valence-corrected chi connectivity index (χ1v) is 6.68. The maximum absolute atomic E-state index is 5.96. The highest BCUT2D eigenvalue weighted by molar-refractivity contribution is 4.86. The molecule has 1 rings (SSSR count). The van der Waals surface area contributed by atoms with Gasteiger partial charge in [-0.3, -0.25) is 4.90 Å². The van der Waals surface area contributed by atoms with Gasteiger partial charge in [-0.25, -0.2) is 0 Å². The van der Waals surface area contributed by atoms with Gasteiger partial charge in [0.25, 0.3) is 0 Å². The number of nitrogens with zero attached hydrogens (tertiary/aromatic N) is 1. The van der Waals surface area contributed by atoms with Gasteiger partial charge in [-0.05, 0) is 36.6 Å². The Labute approximate surface area is 102 Å². The summed E-state index contributed by atoms with van der Waals surface area (Å²) in [5, 5.41) is 0. The monoisotopic (exact) mass is 226 g/mol. The number of likely N-dealkylation sites (tertiary alicyclic amines) is 1. The molecule has 1 aliphatic rings.